The Balaban J connectivity index is 1.96. The first kappa shape index (κ1) is 13.6. The highest BCUT2D eigenvalue weighted by Gasteiger charge is 2.03. The molecule has 0 aliphatic rings. The third-order valence-electron chi connectivity index (χ3n) is 2.41. The third-order valence-corrected chi connectivity index (χ3v) is 3.34. The summed E-state index contributed by atoms with van der Waals surface area (Å²) in [4.78, 5) is 1.41. The summed E-state index contributed by atoms with van der Waals surface area (Å²) >= 11 is 1.80. The molecular formula is C12H21NO2S. The lowest BCUT2D eigenvalue weighted by Gasteiger charge is -2.10. The Labute approximate surface area is 102 Å². The number of aryl methyl sites for hydroxylation is 1. The van der Waals surface area contributed by atoms with E-state index in [0.29, 0.717) is 13.2 Å². The van der Waals surface area contributed by atoms with Gasteiger partial charge < -0.3 is 15.2 Å². The molecule has 1 aromatic heterocycles. The molecule has 0 aromatic carbocycles. The van der Waals surface area contributed by atoms with E-state index >= 15 is 0 Å². The van der Waals surface area contributed by atoms with Gasteiger partial charge in [-0.1, -0.05) is 6.07 Å². The number of hydrogen-bond donors (Lipinski definition) is 1. The molecule has 0 amide bonds. The molecule has 4 heteroatoms. The molecular weight excluding hydrogens is 222 g/mol. The number of nitrogens with two attached hydrogens (primary N) is 1. The number of methoxy groups -OCH3 is 1. The van der Waals surface area contributed by atoms with Gasteiger partial charge in [0.1, 0.15) is 0 Å². The highest BCUT2D eigenvalue weighted by atomic mass is 32.1. The minimum Gasteiger partial charge on any atom is -0.382 e. The maximum Gasteiger partial charge on any atom is 0.0700 e. The predicted molar refractivity (Wildman–Crippen MR) is 67.9 cm³/mol. The highest BCUT2D eigenvalue weighted by molar-refractivity contribution is 7.09. The minimum atomic E-state index is 0.240. The van der Waals surface area contributed by atoms with E-state index in [1.807, 2.05) is 0 Å². The van der Waals surface area contributed by atoms with Gasteiger partial charge in [-0.05, 0) is 30.7 Å². The Kier molecular flexibility index (Phi) is 7.42. The monoisotopic (exact) mass is 243 g/mol. The first-order chi connectivity index (χ1) is 7.83. The summed E-state index contributed by atoms with van der Waals surface area (Å²) in [7, 11) is 1.68. The van der Waals surface area contributed by atoms with E-state index in [-0.39, 0.29) is 6.04 Å². The Morgan fingerprint density at radius 3 is 2.88 bits per heavy atom. The molecule has 0 aliphatic carbocycles. The van der Waals surface area contributed by atoms with Gasteiger partial charge >= 0.3 is 0 Å². The second-order valence-electron chi connectivity index (χ2n) is 3.77. The maximum absolute atomic E-state index is 6.00. The van der Waals surface area contributed by atoms with Crippen LogP contribution in [0.5, 0.6) is 0 Å². The van der Waals surface area contributed by atoms with Crippen molar-refractivity contribution in [3.63, 3.8) is 0 Å². The molecule has 0 saturated heterocycles. The van der Waals surface area contributed by atoms with Crippen LogP contribution in [0.2, 0.25) is 0 Å². The van der Waals surface area contributed by atoms with Crippen LogP contribution in [0.15, 0.2) is 17.5 Å². The molecule has 1 rings (SSSR count). The smallest absolute Gasteiger partial charge is 0.0700 e. The summed E-state index contributed by atoms with van der Waals surface area (Å²) in [5.41, 5.74) is 6.00. The van der Waals surface area contributed by atoms with Crippen molar-refractivity contribution in [1.82, 2.24) is 0 Å². The average molecular weight is 243 g/mol. The Hall–Kier alpha value is -0.420. The SMILES string of the molecule is COCCOCCC(N)CCc1cccs1. The number of thiophene rings is 1. The number of ether oxygens (including phenoxy) is 2. The molecule has 92 valence electrons. The first-order valence-corrected chi connectivity index (χ1v) is 6.55. The lowest BCUT2D eigenvalue weighted by molar-refractivity contribution is 0.0669. The molecule has 1 aromatic rings. The standard InChI is InChI=1S/C12H21NO2S/c1-14-8-9-15-7-6-11(13)4-5-12-3-2-10-16-12/h2-3,10-11H,4-9,13H2,1H3. The zero-order valence-electron chi connectivity index (χ0n) is 9.85. The Morgan fingerprint density at radius 2 is 2.19 bits per heavy atom. The van der Waals surface area contributed by atoms with Crippen LogP contribution in [-0.4, -0.2) is 33.0 Å². The van der Waals surface area contributed by atoms with Gasteiger partial charge in [0.05, 0.1) is 13.2 Å². The van der Waals surface area contributed by atoms with Crippen LogP contribution in [-0.2, 0) is 15.9 Å². The van der Waals surface area contributed by atoms with Gasteiger partial charge in [0.15, 0.2) is 0 Å². The molecule has 2 N–H and O–H groups in total. The van der Waals surface area contributed by atoms with Crippen molar-refractivity contribution in [2.75, 3.05) is 26.9 Å². The van der Waals surface area contributed by atoms with E-state index in [2.05, 4.69) is 17.5 Å². The van der Waals surface area contributed by atoms with Crippen LogP contribution in [0.3, 0.4) is 0 Å². The van der Waals surface area contributed by atoms with E-state index < -0.39 is 0 Å². The summed E-state index contributed by atoms with van der Waals surface area (Å²) in [5, 5.41) is 2.11. The molecule has 0 radical (unpaired) electrons. The maximum atomic E-state index is 6.00. The van der Waals surface area contributed by atoms with Crippen molar-refractivity contribution in [3.8, 4) is 0 Å². The molecule has 0 spiro atoms. The molecule has 0 fully saturated rings. The molecule has 1 unspecified atom stereocenters. The molecule has 1 atom stereocenters. The van der Waals surface area contributed by atoms with Crippen LogP contribution < -0.4 is 5.73 Å². The molecule has 3 nitrogen and oxygen atoms in total. The fraction of sp³-hybridized carbons (Fsp3) is 0.667. The van der Waals surface area contributed by atoms with E-state index in [1.54, 1.807) is 18.4 Å². The minimum absolute atomic E-state index is 0.240. The van der Waals surface area contributed by atoms with Gasteiger partial charge in [0.2, 0.25) is 0 Å². The van der Waals surface area contributed by atoms with E-state index in [1.165, 1.54) is 4.88 Å². The zero-order chi connectivity index (χ0) is 11.6. The van der Waals surface area contributed by atoms with Crippen molar-refractivity contribution in [2.24, 2.45) is 5.73 Å². The van der Waals surface area contributed by atoms with Crippen molar-refractivity contribution in [3.05, 3.63) is 22.4 Å². The van der Waals surface area contributed by atoms with Crippen LogP contribution in [0, 0.1) is 0 Å². The third kappa shape index (κ3) is 6.23. The summed E-state index contributed by atoms with van der Waals surface area (Å²) in [6.45, 7) is 2.05. The van der Waals surface area contributed by atoms with Crippen LogP contribution in [0.25, 0.3) is 0 Å². The van der Waals surface area contributed by atoms with Gasteiger partial charge in [-0.15, -0.1) is 11.3 Å². The van der Waals surface area contributed by atoms with Gasteiger partial charge in [-0.3, -0.25) is 0 Å². The number of rotatable bonds is 9. The van der Waals surface area contributed by atoms with Crippen LogP contribution in [0.1, 0.15) is 17.7 Å². The van der Waals surface area contributed by atoms with Crippen LogP contribution in [0.4, 0.5) is 0 Å². The predicted octanol–water partition coefficient (Wildman–Crippen LogP) is 2.06. The molecule has 0 aliphatic heterocycles. The second-order valence-corrected chi connectivity index (χ2v) is 4.80. The summed E-state index contributed by atoms with van der Waals surface area (Å²) in [6.07, 6.45) is 3.04. The first-order valence-electron chi connectivity index (χ1n) is 5.67. The molecule has 16 heavy (non-hydrogen) atoms. The fourth-order valence-electron chi connectivity index (χ4n) is 1.41. The lowest BCUT2D eigenvalue weighted by Crippen LogP contribution is -2.23. The summed E-state index contributed by atoms with van der Waals surface area (Å²) in [5.74, 6) is 0. The summed E-state index contributed by atoms with van der Waals surface area (Å²) < 4.78 is 10.3. The van der Waals surface area contributed by atoms with Crippen molar-refractivity contribution in [2.45, 2.75) is 25.3 Å². The van der Waals surface area contributed by atoms with Gasteiger partial charge in [-0.25, -0.2) is 0 Å². The van der Waals surface area contributed by atoms with Gasteiger partial charge in [-0.2, -0.15) is 0 Å². The number of hydrogen-bond acceptors (Lipinski definition) is 4. The average Bonchev–Trinajstić information content (AvgIpc) is 2.79. The Bertz CT molecular complexity index is 252. The molecule has 0 bridgehead atoms. The normalized spacial score (nSPS) is 12.9. The van der Waals surface area contributed by atoms with E-state index in [4.69, 9.17) is 15.2 Å². The topological polar surface area (TPSA) is 44.5 Å². The van der Waals surface area contributed by atoms with Crippen molar-refractivity contribution in [1.29, 1.82) is 0 Å². The quantitative estimate of drug-likeness (QED) is 0.675. The summed E-state index contributed by atoms with van der Waals surface area (Å²) in [6, 6.07) is 4.48. The van der Waals surface area contributed by atoms with Gasteiger partial charge in [0.25, 0.3) is 0 Å². The lowest BCUT2D eigenvalue weighted by atomic mass is 10.1. The molecule has 1 heterocycles. The Morgan fingerprint density at radius 1 is 1.31 bits per heavy atom. The second kappa shape index (κ2) is 8.70. The van der Waals surface area contributed by atoms with Crippen molar-refractivity contribution < 1.29 is 9.47 Å². The van der Waals surface area contributed by atoms with Gasteiger partial charge in [0, 0.05) is 24.6 Å². The molecule has 0 saturated carbocycles. The highest BCUT2D eigenvalue weighted by Crippen LogP contribution is 2.12. The zero-order valence-corrected chi connectivity index (χ0v) is 10.7. The fourth-order valence-corrected chi connectivity index (χ4v) is 2.13. The van der Waals surface area contributed by atoms with Crippen molar-refractivity contribution >= 4 is 11.3 Å². The van der Waals surface area contributed by atoms with E-state index in [9.17, 15) is 0 Å². The van der Waals surface area contributed by atoms with Crippen LogP contribution >= 0.6 is 11.3 Å². The van der Waals surface area contributed by atoms with E-state index in [0.717, 1.165) is 25.9 Å². The largest absolute Gasteiger partial charge is 0.382 e.